The number of halogens is 1. The molecule has 2 aromatic carbocycles. The highest BCUT2D eigenvalue weighted by atomic mass is 79.9. The minimum atomic E-state index is -0.532. The van der Waals surface area contributed by atoms with Crippen molar-refractivity contribution >= 4 is 33.7 Å². The molecule has 0 aliphatic rings. The summed E-state index contributed by atoms with van der Waals surface area (Å²) in [7, 11) is 0. The van der Waals surface area contributed by atoms with Gasteiger partial charge >= 0.3 is 0 Å². The fourth-order valence-electron chi connectivity index (χ4n) is 1.79. The van der Waals surface area contributed by atoms with Crippen molar-refractivity contribution in [2.45, 2.75) is 0 Å². The number of nitro benzene ring substituents is 1. The predicted octanol–water partition coefficient (Wildman–Crippen LogP) is 2.76. The summed E-state index contributed by atoms with van der Waals surface area (Å²) in [6.07, 6.45) is 1.28. The molecule has 8 nitrogen and oxygen atoms in total. The molecule has 1 amide bonds. The SMILES string of the molecule is N#Cc1ccccc1OCC(=O)N/N=C\c1ccc(Br)c([N+](=O)[O-])c1. The molecule has 0 spiro atoms. The molecule has 0 heterocycles. The fourth-order valence-corrected chi connectivity index (χ4v) is 2.18. The van der Waals surface area contributed by atoms with Crippen LogP contribution in [-0.2, 0) is 4.79 Å². The summed E-state index contributed by atoms with van der Waals surface area (Å²) in [4.78, 5) is 22.0. The van der Waals surface area contributed by atoms with Crippen molar-refractivity contribution in [2.24, 2.45) is 5.10 Å². The molecule has 0 aliphatic heterocycles. The van der Waals surface area contributed by atoms with E-state index in [4.69, 9.17) is 10.00 Å². The topological polar surface area (TPSA) is 118 Å². The molecule has 0 bridgehead atoms. The Balaban J connectivity index is 1.92. The standard InChI is InChI=1S/C16H11BrN4O4/c17-13-6-5-11(7-14(13)21(23)24)9-19-20-16(22)10-25-15-4-2-1-3-12(15)8-18/h1-7,9H,10H2,(H,20,22)/b19-9-. The van der Waals surface area contributed by atoms with Gasteiger partial charge in [0.25, 0.3) is 11.6 Å². The average Bonchev–Trinajstić information content (AvgIpc) is 2.61. The first-order valence-electron chi connectivity index (χ1n) is 6.89. The quantitative estimate of drug-likeness (QED) is 0.452. The van der Waals surface area contributed by atoms with E-state index in [1.165, 1.54) is 18.3 Å². The Kier molecular flexibility index (Phi) is 6.20. The maximum Gasteiger partial charge on any atom is 0.284 e. The average molecular weight is 403 g/mol. The minimum Gasteiger partial charge on any atom is -0.482 e. The second kappa shape index (κ2) is 8.56. The van der Waals surface area contributed by atoms with Crippen LogP contribution in [0.15, 0.2) is 52.0 Å². The lowest BCUT2D eigenvalue weighted by Crippen LogP contribution is -2.24. The highest BCUT2D eigenvalue weighted by Gasteiger charge is 2.11. The summed E-state index contributed by atoms with van der Waals surface area (Å²) in [5.41, 5.74) is 2.91. The first-order valence-corrected chi connectivity index (χ1v) is 7.68. The van der Waals surface area contributed by atoms with Crippen LogP contribution in [0.5, 0.6) is 5.75 Å². The fraction of sp³-hybridized carbons (Fsp3) is 0.0625. The number of rotatable bonds is 6. The number of nitrogens with zero attached hydrogens (tertiary/aromatic N) is 3. The van der Waals surface area contributed by atoms with Gasteiger partial charge in [-0.05, 0) is 34.1 Å². The van der Waals surface area contributed by atoms with Gasteiger partial charge in [-0.15, -0.1) is 0 Å². The lowest BCUT2D eigenvalue weighted by molar-refractivity contribution is -0.385. The second-order valence-corrected chi connectivity index (χ2v) is 5.51. The van der Waals surface area contributed by atoms with Crippen LogP contribution < -0.4 is 10.2 Å². The number of benzene rings is 2. The molecular formula is C16H11BrN4O4. The van der Waals surface area contributed by atoms with Crippen molar-refractivity contribution in [1.82, 2.24) is 5.43 Å². The first kappa shape index (κ1) is 18.1. The van der Waals surface area contributed by atoms with E-state index in [-0.39, 0.29) is 12.3 Å². The van der Waals surface area contributed by atoms with Crippen molar-refractivity contribution < 1.29 is 14.5 Å². The molecule has 0 atom stereocenters. The summed E-state index contributed by atoms with van der Waals surface area (Å²) in [5, 5.41) is 23.5. The Labute approximate surface area is 151 Å². The summed E-state index contributed by atoms with van der Waals surface area (Å²) in [5.74, 6) is -0.233. The number of hydrazone groups is 1. The number of ether oxygens (including phenoxy) is 1. The molecule has 0 saturated heterocycles. The van der Waals surface area contributed by atoms with Crippen LogP contribution in [0.1, 0.15) is 11.1 Å². The molecule has 0 aromatic heterocycles. The Hall–Kier alpha value is -3.25. The zero-order chi connectivity index (χ0) is 18.2. The van der Waals surface area contributed by atoms with E-state index in [0.717, 1.165) is 0 Å². The normalized spacial score (nSPS) is 10.2. The van der Waals surface area contributed by atoms with E-state index in [2.05, 4.69) is 26.5 Å². The van der Waals surface area contributed by atoms with Gasteiger partial charge in [-0.3, -0.25) is 14.9 Å². The van der Waals surface area contributed by atoms with E-state index in [9.17, 15) is 14.9 Å². The maximum absolute atomic E-state index is 11.7. The van der Waals surface area contributed by atoms with Crippen LogP contribution in [0.4, 0.5) is 5.69 Å². The number of nitriles is 1. The van der Waals surface area contributed by atoms with Gasteiger partial charge in [0.05, 0.1) is 21.2 Å². The summed E-state index contributed by atoms with van der Waals surface area (Å²) >= 11 is 3.08. The number of nitro groups is 1. The smallest absolute Gasteiger partial charge is 0.284 e. The van der Waals surface area contributed by atoms with Crippen LogP contribution >= 0.6 is 15.9 Å². The number of para-hydroxylation sites is 1. The monoisotopic (exact) mass is 402 g/mol. The molecular weight excluding hydrogens is 392 g/mol. The summed E-state index contributed by atoms with van der Waals surface area (Å²) in [6.45, 7) is -0.323. The van der Waals surface area contributed by atoms with Crippen molar-refractivity contribution in [3.05, 3.63) is 68.2 Å². The zero-order valence-corrected chi connectivity index (χ0v) is 14.3. The lowest BCUT2D eigenvalue weighted by Gasteiger charge is -2.06. The van der Waals surface area contributed by atoms with Gasteiger partial charge in [0.2, 0.25) is 0 Å². The van der Waals surface area contributed by atoms with Crippen molar-refractivity contribution in [3.63, 3.8) is 0 Å². The van der Waals surface area contributed by atoms with Crippen molar-refractivity contribution in [2.75, 3.05) is 6.61 Å². The Morgan fingerprint density at radius 3 is 2.88 bits per heavy atom. The second-order valence-electron chi connectivity index (χ2n) is 4.66. The highest BCUT2D eigenvalue weighted by Crippen LogP contribution is 2.24. The molecule has 2 rings (SSSR count). The largest absolute Gasteiger partial charge is 0.482 e. The minimum absolute atomic E-state index is 0.105. The summed E-state index contributed by atoms with van der Waals surface area (Å²) < 4.78 is 5.61. The van der Waals surface area contributed by atoms with Crippen LogP contribution in [0, 0.1) is 21.4 Å². The molecule has 9 heteroatoms. The third kappa shape index (κ3) is 5.12. The highest BCUT2D eigenvalue weighted by molar-refractivity contribution is 9.10. The number of carbonyl (C=O) groups excluding carboxylic acids is 1. The van der Waals surface area contributed by atoms with Gasteiger partial charge in [0.1, 0.15) is 11.8 Å². The van der Waals surface area contributed by atoms with E-state index >= 15 is 0 Å². The van der Waals surface area contributed by atoms with Gasteiger partial charge in [0.15, 0.2) is 6.61 Å². The van der Waals surface area contributed by atoms with Gasteiger partial charge in [-0.2, -0.15) is 10.4 Å². The molecule has 2 aromatic rings. The molecule has 0 radical (unpaired) electrons. The molecule has 25 heavy (non-hydrogen) atoms. The first-order chi connectivity index (χ1) is 12.0. The molecule has 0 saturated carbocycles. The number of nitrogens with one attached hydrogen (secondary N) is 1. The van der Waals surface area contributed by atoms with Gasteiger partial charge < -0.3 is 4.74 Å². The molecule has 1 N–H and O–H groups in total. The van der Waals surface area contributed by atoms with Gasteiger partial charge in [-0.1, -0.05) is 18.2 Å². The van der Waals surface area contributed by atoms with Crippen LogP contribution in [0.25, 0.3) is 0 Å². The number of carbonyl (C=O) groups is 1. The molecule has 0 fully saturated rings. The van der Waals surface area contributed by atoms with Gasteiger partial charge in [-0.25, -0.2) is 5.43 Å². The number of hydrogen-bond donors (Lipinski definition) is 1. The van der Waals surface area contributed by atoms with Gasteiger partial charge in [0, 0.05) is 11.6 Å². The Bertz CT molecular complexity index is 877. The molecule has 0 aliphatic carbocycles. The Morgan fingerprint density at radius 2 is 2.16 bits per heavy atom. The number of amides is 1. The third-order valence-corrected chi connectivity index (χ3v) is 3.61. The molecule has 126 valence electrons. The van der Waals surface area contributed by atoms with Crippen molar-refractivity contribution in [3.8, 4) is 11.8 Å². The van der Waals surface area contributed by atoms with Crippen molar-refractivity contribution in [1.29, 1.82) is 5.26 Å². The van der Waals surface area contributed by atoms with Crippen LogP contribution in [0.2, 0.25) is 0 Å². The zero-order valence-electron chi connectivity index (χ0n) is 12.7. The van der Waals surface area contributed by atoms with E-state index in [1.54, 1.807) is 30.3 Å². The third-order valence-electron chi connectivity index (χ3n) is 2.94. The maximum atomic E-state index is 11.7. The van der Waals surface area contributed by atoms with Crippen LogP contribution in [0.3, 0.4) is 0 Å². The predicted molar refractivity (Wildman–Crippen MR) is 93.2 cm³/mol. The lowest BCUT2D eigenvalue weighted by atomic mass is 10.2. The Morgan fingerprint density at radius 1 is 1.40 bits per heavy atom. The summed E-state index contributed by atoms with van der Waals surface area (Å²) in [6, 6.07) is 12.9. The van der Waals surface area contributed by atoms with Crippen LogP contribution in [-0.4, -0.2) is 23.7 Å². The van der Waals surface area contributed by atoms with E-state index < -0.39 is 10.8 Å². The molecule has 0 unspecified atom stereocenters. The van der Waals surface area contributed by atoms with E-state index in [1.807, 2.05) is 6.07 Å². The van der Waals surface area contributed by atoms with E-state index in [0.29, 0.717) is 21.3 Å². The number of hydrogen-bond acceptors (Lipinski definition) is 6.